The van der Waals surface area contributed by atoms with Gasteiger partial charge in [0.15, 0.2) is 6.10 Å². The van der Waals surface area contributed by atoms with Crippen molar-refractivity contribution in [3.63, 3.8) is 0 Å². The van der Waals surface area contributed by atoms with E-state index in [0.29, 0.717) is 4.88 Å². The minimum Gasteiger partial charge on any atom is -0.448 e. The molecule has 1 aromatic heterocycles. The molecule has 1 atom stereocenters. The molecule has 0 saturated carbocycles. The first kappa shape index (κ1) is 18.0. The van der Waals surface area contributed by atoms with Crippen molar-refractivity contribution >= 4 is 63.7 Å². The average molecular weight is 394 g/mol. The molecule has 0 aliphatic rings. The number of hydrogen-bond acceptors (Lipinski definition) is 5. The summed E-state index contributed by atoms with van der Waals surface area (Å²) in [4.78, 5) is 28.3. The number of esters is 1. The van der Waals surface area contributed by atoms with Crippen LogP contribution in [0.3, 0.4) is 0 Å². The number of nitrogens with zero attached hydrogens (tertiary/aromatic N) is 1. The second-order valence-electron chi connectivity index (χ2n) is 4.53. The van der Waals surface area contributed by atoms with Crippen LogP contribution in [0.25, 0.3) is 0 Å². The first-order valence-corrected chi connectivity index (χ1v) is 8.31. The molecule has 2 aromatic rings. The Kier molecular flexibility index (Phi) is 5.86. The summed E-state index contributed by atoms with van der Waals surface area (Å²) in [7, 11) is 0. The fourth-order valence-corrected chi connectivity index (χ4v) is 2.84. The molecule has 0 saturated heterocycles. The molecule has 5 nitrogen and oxygen atoms in total. The van der Waals surface area contributed by atoms with Crippen molar-refractivity contribution in [3.8, 4) is 0 Å². The Bertz CT molecular complexity index is 764. The van der Waals surface area contributed by atoms with Crippen LogP contribution in [0.1, 0.15) is 21.6 Å². The van der Waals surface area contributed by atoms with Crippen LogP contribution >= 0.6 is 46.1 Å². The number of amides is 1. The van der Waals surface area contributed by atoms with Gasteiger partial charge in [-0.1, -0.05) is 34.8 Å². The van der Waals surface area contributed by atoms with Crippen molar-refractivity contribution in [1.82, 2.24) is 4.98 Å². The van der Waals surface area contributed by atoms with Gasteiger partial charge in [-0.3, -0.25) is 4.79 Å². The van der Waals surface area contributed by atoms with Gasteiger partial charge in [-0.15, -0.1) is 11.3 Å². The molecular weight excluding hydrogens is 383 g/mol. The lowest BCUT2D eigenvalue weighted by molar-refractivity contribution is -0.123. The van der Waals surface area contributed by atoms with E-state index in [2.05, 4.69) is 10.3 Å². The Morgan fingerprint density at radius 3 is 2.48 bits per heavy atom. The van der Waals surface area contributed by atoms with Gasteiger partial charge in [0, 0.05) is 0 Å². The third kappa shape index (κ3) is 4.57. The zero-order chi connectivity index (χ0) is 17.1. The van der Waals surface area contributed by atoms with Crippen LogP contribution in [0, 0.1) is 6.92 Å². The Morgan fingerprint density at radius 2 is 1.87 bits per heavy atom. The van der Waals surface area contributed by atoms with Crippen LogP contribution in [-0.2, 0) is 9.53 Å². The molecule has 0 radical (unpaired) electrons. The Hall–Kier alpha value is -1.34. The summed E-state index contributed by atoms with van der Waals surface area (Å²) in [5.74, 6) is -1.15. The smallest absolute Gasteiger partial charge is 0.350 e. The highest BCUT2D eigenvalue weighted by Gasteiger charge is 2.21. The van der Waals surface area contributed by atoms with E-state index in [-0.39, 0.29) is 20.8 Å². The number of nitrogens with one attached hydrogen (secondary N) is 1. The van der Waals surface area contributed by atoms with Gasteiger partial charge < -0.3 is 10.1 Å². The summed E-state index contributed by atoms with van der Waals surface area (Å²) < 4.78 is 5.09. The van der Waals surface area contributed by atoms with E-state index in [4.69, 9.17) is 39.5 Å². The van der Waals surface area contributed by atoms with E-state index in [1.165, 1.54) is 36.6 Å². The highest BCUT2D eigenvalue weighted by molar-refractivity contribution is 7.13. The lowest BCUT2D eigenvalue weighted by Crippen LogP contribution is -2.29. The minimum atomic E-state index is -1.02. The first-order chi connectivity index (χ1) is 10.8. The van der Waals surface area contributed by atoms with Gasteiger partial charge in [-0.2, -0.15) is 0 Å². The summed E-state index contributed by atoms with van der Waals surface area (Å²) >= 11 is 18.9. The van der Waals surface area contributed by atoms with Gasteiger partial charge in [-0.05, 0) is 26.0 Å². The van der Waals surface area contributed by atoms with E-state index >= 15 is 0 Å². The molecule has 23 heavy (non-hydrogen) atoms. The van der Waals surface area contributed by atoms with Crippen molar-refractivity contribution in [1.29, 1.82) is 0 Å². The number of thiazole rings is 1. The van der Waals surface area contributed by atoms with Crippen LogP contribution in [0.5, 0.6) is 0 Å². The molecule has 122 valence electrons. The van der Waals surface area contributed by atoms with Crippen molar-refractivity contribution in [2.75, 3.05) is 5.32 Å². The van der Waals surface area contributed by atoms with Gasteiger partial charge >= 0.3 is 5.97 Å². The molecule has 0 fully saturated rings. The number of aryl methyl sites for hydroxylation is 1. The summed E-state index contributed by atoms with van der Waals surface area (Å²) in [6.45, 7) is 3.22. The number of hydrogen-bond donors (Lipinski definition) is 1. The fraction of sp³-hybridized carbons (Fsp3) is 0.214. The van der Waals surface area contributed by atoms with Gasteiger partial charge in [0.25, 0.3) is 5.91 Å². The molecule has 2 rings (SSSR count). The molecule has 1 N–H and O–H groups in total. The molecule has 0 aliphatic carbocycles. The average Bonchev–Trinajstić information content (AvgIpc) is 2.91. The SMILES string of the molecule is Cc1ncc(C(=O)OC(C)C(=O)Nc2cc(Cl)c(Cl)cc2Cl)s1. The van der Waals surface area contributed by atoms with E-state index < -0.39 is 18.0 Å². The van der Waals surface area contributed by atoms with Crippen molar-refractivity contribution in [2.45, 2.75) is 20.0 Å². The van der Waals surface area contributed by atoms with E-state index in [1.54, 1.807) is 6.92 Å². The molecule has 0 aliphatic heterocycles. The summed E-state index contributed by atoms with van der Waals surface area (Å²) in [5.41, 5.74) is 0.280. The van der Waals surface area contributed by atoms with Crippen molar-refractivity contribution < 1.29 is 14.3 Å². The topological polar surface area (TPSA) is 68.3 Å². The van der Waals surface area contributed by atoms with E-state index in [0.717, 1.165) is 5.01 Å². The first-order valence-electron chi connectivity index (χ1n) is 6.36. The van der Waals surface area contributed by atoms with Gasteiger partial charge in [0.05, 0.1) is 32.0 Å². The molecule has 1 heterocycles. The van der Waals surface area contributed by atoms with E-state index in [9.17, 15) is 9.59 Å². The summed E-state index contributed by atoms with van der Waals surface area (Å²) in [5, 5.41) is 4.02. The molecular formula is C14H11Cl3N2O3S. The Balaban J connectivity index is 2.03. The molecule has 0 spiro atoms. The second kappa shape index (κ2) is 7.49. The molecule has 9 heteroatoms. The predicted octanol–water partition coefficient (Wildman–Crippen LogP) is 4.60. The maximum Gasteiger partial charge on any atom is 0.350 e. The van der Waals surface area contributed by atoms with Crippen LogP contribution < -0.4 is 5.32 Å². The quantitative estimate of drug-likeness (QED) is 0.609. The number of rotatable bonds is 4. The number of aromatic nitrogens is 1. The van der Waals surface area contributed by atoms with Crippen LogP contribution in [0.4, 0.5) is 5.69 Å². The Morgan fingerprint density at radius 1 is 1.22 bits per heavy atom. The summed E-state index contributed by atoms with van der Waals surface area (Å²) in [6, 6.07) is 2.84. The molecule has 1 unspecified atom stereocenters. The number of anilines is 1. The van der Waals surface area contributed by atoms with Crippen molar-refractivity contribution in [3.05, 3.63) is 43.3 Å². The van der Waals surface area contributed by atoms with Gasteiger partial charge in [0.1, 0.15) is 4.88 Å². The fourth-order valence-electron chi connectivity index (χ4n) is 1.58. The van der Waals surface area contributed by atoms with Gasteiger partial charge in [0.2, 0.25) is 0 Å². The van der Waals surface area contributed by atoms with Crippen LogP contribution in [0.2, 0.25) is 15.1 Å². The second-order valence-corrected chi connectivity index (χ2v) is 6.98. The lowest BCUT2D eigenvalue weighted by atomic mass is 10.3. The number of halogens is 3. The number of carbonyl (C=O) groups is 2. The molecule has 1 aromatic carbocycles. The molecule has 1 amide bonds. The minimum absolute atomic E-state index is 0.226. The van der Waals surface area contributed by atoms with Crippen molar-refractivity contribution in [2.24, 2.45) is 0 Å². The zero-order valence-electron chi connectivity index (χ0n) is 12.0. The highest BCUT2D eigenvalue weighted by atomic mass is 35.5. The lowest BCUT2D eigenvalue weighted by Gasteiger charge is -2.14. The largest absolute Gasteiger partial charge is 0.448 e. The maximum atomic E-state index is 12.1. The third-order valence-electron chi connectivity index (χ3n) is 2.74. The normalized spacial score (nSPS) is 11.9. The zero-order valence-corrected chi connectivity index (χ0v) is 15.1. The predicted molar refractivity (Wildman–Crippen MR) is 91.8 cm³/mol. The van der Waals surface area contributed by atoms with Gasteiger partial charge in [-0.25, -0.2) is 9.78 Å². The third-order valence-corrected chi connectivity index (χ3v) is 4.67. The highest BCUT2D eigenvalue weighted by Crippen LogP contribution is 2.32. The standard InChI is InChI=1S/C14H11Cl3N2O3S/c1-6(22-14(21)12-5-18-7(2)23-12)13(20)19-11-4-9(16)8(15)3-10(11)17/h3-6H,1-2H3,(H,19,20). The molecule has 0 bridgehead atoms. The summed E-state index contributed by atoms with van der Waals surface area (Å²) in [6.07, 6.45) is 0.387. The van der Waals surface area contributed by atoms with E-state index in [1.807, 2.05) is 0 Å². The monoisotopic (exact) mass is 392 g/mol. The maximum absolute atomic E-state index is 12.1. The number of ether oxygens (including phenoxy) is 1. The number of benzene rings is 1. The van der Waals surface area contributed by atoms with Crippen LogP contribution in [0.15, 0.2) is 18.3 Å². The number of carbonyl (C=O) groups excluding carboxylic acids is 2. The van der Waals surface area contributed by atoms with Crippen LogP contribution in [-0.4, -0.2) is 23.0 Å². The Labute approximate surface area is 151 Å².